The lowest BCUT2D eigenvalue weighted by atomic mass is 10.2. The summed E-state index contributed by atoms with van der Waals surface area (Å²) in [4.78, 5) is 19.6. The van der Waals surface area contributed by atoms with E-state index in [1.54, 1.807) is 4.90 Å². The largest absolute Gasteiger partial charge is 0.483 e. The molecule has 0 N–H and O–H groups in total. The summed E-state index contributed by atoms with van der Waals surface area (Å²) in [5.41, 5.74) is 3.86. The third-order valence-corrected chi connectivity index (χ3v) is 6.38. The number of carbonyl (C=O) groups excluding carboxylic acids is 1. The summed E-state index contributed by atoms with van der Waals surface area (Å²) >= 11 is 7.81. The summed E-state index contributed by atoms with van der Waals surface area (Å²) in [5.74, 6) is 0.545. The van der Waals surface area contributed by atoms with E-state index in [0.717, 1.165) is 26.9 Å². The highest BCUT2D eigenvalue weighted by Gasteiger charge is 2.22. The Morgan fingerprint density at radius 2 is 1.73 bits per heavy atom. The van der Waals surface area contributed by atoms with Crippen LogP contribution in [0, 0.1) is 13.8 Å². The first-order valence-corrected chi connectivity index (χ1v) is 10.8. The number of ether oxygens (including phenoxy) is 1. The van der Waals surface area contributed by atoms with Crippen molar-refractivity contribution in [2.45, 2.75) is 20.4 Å². The average molecular weight is 437 g/mol. The molecule has 0 radical (unpaired) electrons. The van der Waals surface area contributed by atoms with E-state index in [2.05, 4.69) is 0 Å². The zero-order valence-corrected chi connectivity index (χ0v) is 18.3. The number of carbonyl (C=O) groups is 1. The van der Waals surface area contributed by atoms with Crippen LogP contribution in [0.1, 0.15) is 16.7 Å². The summed E-state index contributed by atoms with van der Waals surface area (Å²) in [5, 5.41) is 1.26. The van der Waals surface area contributed by atoms with Gasteiger partial charge in [-0.2, -0.15) is 0 Å². The van der Waals surface area contributed by atoms with E-state index < -0.39 is 0 Å². The van der Waals surface area contributed by atoms with Crippen LogP contribution >= 0.6 is 22.9 Å². The molecule has 4 aromatic rings. The number of amides is 1. The third kappa shape index (κ3) is 4.32. The number of aromatic nitrogens is 1. The molecular weight excluding hydrogens is 416 g/mol. The summed E-state index contributed by atoms with van der Waals surface area (Å²) in [6, 6.07) is 21.3. The number of hydrogen-bond donors (Lipinski definition) is 0. The second-order valence-corrected chi connectivity index (χ2v) is 8.44. The molecule has 0 aliphatic rings. The predicted octanol–water partition coefficient (Wildman–Crippen LogP) is 6.18. The summed E-state index contributed by atoms with van der Waals surface area (Å²) in [6.07, 6.45) is 0. The van der Waals surface area contributed by atoms with Gasteiger partial charge in [0.2, 0.25) is 0 Å². The molecule has 1 aromatic heterocycles. The molecule has 6 heteroatoms. The van der Waals surface area contributed by atoms with Gasteiger partial charge >= 0.3 is 0 Å². The second-order valence-electron chi connectivity index (χ2n) is 7.06. The molecule has 4 nitrogen and oxygen atoms in total. The Bertz CT molecular complexity index is 1150. The number of fused-ring (bicyclic) bond motifs is 1. The van der Waals surface area contributed by atoms with Crippen molar-refractivity contribution in [3.63, 3.8) is 0 Å². The maximum Gasteiger partial charge on any atom is 0.267 e. The minimum absolute atomic E-state index is 0.0691. The zero-order valence-electron chi connectivity index (χ0n) is 16.8. The van der Waals surface area contributed by atoms with Gasteiger partial charge in [0, 0.05) is 0 Å². The highest BCUT2D eigenvalue weighted by atomic mass is 35.5. The van der Waals surface area contributed by atoms with Crippen molar-refractivity contribution in [3.05, 3.63) is 88.4 Å². The number of rotatable bonds is 6. The Morgan fingerprint density at radius 3 is 2.47 bits per heavy atom. The van der Waals surface area contributed by atoms with Gasteiger partial charge in [-0.05, 0) is 42.7 Å². The van der Waals surface area contributed by atoms with Gasteiger partial charge in [0.05, 0.1) is 21.8 Å². The fourth-order valence-corrected chi connectivity index (χ4v) is 4.50. The number of benzene rings is 3. The molecule has 0 aliphatic carbocycles. The molecule has 1 heterocycles. The smallest absolute Gasteiger partial charge is 0.267 e. The Labute approximate surface area is 184 Å². The van der Waals surface area contributed by atoms with Crippen molar-refractivity contribution in [1.82, 2.24) is 4.98 Å². The van der Waals surface area contributed by atoms with Crippen LogP contribution < -0.4 is 9.64 Å². The van der Waals surface area contributed by atoms with E-state index in [1.165, 1.54) is 11.3 Å². The maximum atomic E-state index is 13.2. The third-order valence-electron chi connectivity index (χ3n) is 4.85. The van der Waals surface area contributed by atoms with Crippen molar-refractivity contribution in [1.29, 1.82) is 0 Å². The number of aryl methyl sites for hydroxylation is 2. The molecule has 152 valence electrons. The topological polar surface area (TPSA) is 42.4 Å². The van der Waals surface area contributed by atoms with E-state index in [9.17, 15) is 4.79 Å². The van der Waals surface area contributed by atoms with E-state index in [-0.39, 0.29) is 12.5 Å². The summed E-state index contributed by atoms with van der Waals surface area (Å²) < 4.78 is 6.71. The van der Waals surface area contributed by atoms with E-state index in [0.29, 0.717) is 22.4 Å². The van der Waals surface area contributed by atoms with Crippen molar-refractivity contribution in [3.8, 4) is 5.75 Å². The number of para-hydroxylation sites is 1. The van der Waals surface area contributed by atoms with Crippen LogP contribution in [-0.2, 0) is 11.3 Å². The monoisotopic (exact) mass is 436 g/mol. The normalized spacial score (nSPS) is 10.9. The lowest BCUT2D eigenvalue weighted by molar-refractivity contribution is -0.120. The minimum Gasteiger partial charge on any atom is -0.483 e. The van der Waals surface area contributed by atoms with Crippen molar-refractivity contribution >= 4 is 44.2 Å². The summed E-state index contributed by atoms with van der Waals surface area (Å²) in [6.45, 7) is 4.29. The predicted molar refractivity (Wildman–Crippen MR) is 124 cm³/mol. The second kappa shape index (κ2) is 8.86. The number of nitrogens with zero attached hydrogens (tertiary/aromatic N) is 2. The lowest BCUT2D eigenvalue weighted by Gasteiger charge is -2.20. The van der Waals surface area contributed by atoms with Gasteiger partial charge in [-0.3, -0.25) is 9.69 Å². The molecule has 0 bridgehead atoms. The minimum atomic E-state index is -0.157. The average Bonchev–Trinajstić information content (AvgIpc) is 3.21. The van der Waals surface area contributed by atoms with Gasteiger partial charge < -0.3 is 4.74 Å². The highest BCUT2D eigenvalue weighted by molar-refractivity contribution is 7.23. The first-order chi connectivity index (χ1) is 14.5. The Balaban J connectivity index is 1.66. The van der Waals surface area contributed by atoms with Crippen LogP contribution in [0.15, 0.2) is 66.7 Å². The Kier molecular flexibility index (Phi) is 6.02. The SMILES string of the molecule is Cc1ccccc1OCC(=O)N(Cc1ccccc1)c1nc2c(C)ccc(Cl)c2s1. The molecule has 1 amide bonds. The molecule has 3 aromatic carbocycles. The van der Waals surface area contributed by atoms with Gasteiger partial charge in [0.15, 0.2) is 11.7 Å². The van der Waals surface area contributed by atoms with Gasteiger partial charge in [-0.15, -0.1) is 0 Å². The molecule has 0 unspecified atom stereocenters. The molecule has 0 fully saturated rings. The van der Waals surface area contributed by atoms with E-state index in [4.69, 9.17) is 21.3 Å². The van der Waals surface area contributed by atoms with Crippen LogP contribution in [-0.4, -0.2) is 17.5 Å². The fourth-order valence-electron chi connectivity index (χ4n) is 3.17. The van der Waals surface area contributed by atoms with Crippen LogP contribution in [0.3, 0.4) is 0 Å². The van der Waals surface area contributed by atoms with Crippen LogP contribution in [0.4, 0.5) is 5.13 Å². The molecule has 0 spiro atoms. The number of thiazole rings is 1. The van der Waals surface area contributed by atoms with Crippen LogP contribution in [0.5, 0.6) is 5.75 Å². The van der Waals surface area contributed by atoms with E-state index >= 15 is 0 Å². The van der Waals surface area contributed by atoms with Crippen molar-refractivity contribution in [2.24, 2.45) is 0 Å². The van der Waals surface area contributed by atoms with Crippen LogP contribution in [0.25, 0.3) is 10.2 Å². The van der Waals surface area contributed by atoms with Gasteiger partial charge in [0.25, 0.3) is 5.91 Å². The summed E-state index contributed by atoms with van der Waals surface area (Å²) in [7, 11) is 0. The first kappa shape index (κ1) is 20.4. The molecule has 4 rings (SSSR count). The van der Waals surface area contributed by atoms with Gasteiger partial charge in [-0.1, -0.05) is 77.5 Å². The van der Waals surface area contributed by atoms with Crippen LogP contribution in [0.2, 0.25) is 5.02 Å². The Hall–Kier alpha value is -2.89. The molecule has 0 atom stereocenters. The van der Waals surface area contributed by atoms with Gasteiger partial charge in [-0.25, -0.2) is 4.98 Å². The lowest BCUT2D eigenvalue weighted by Crippen LogP contribution is -2.34. The molecule has 30 heavy (non-hydrogen) atoms. The van der Waals surface area contributed by atoms with Gasteiger partial charge in [0.1, 0.15) is 5.75 Å². The highest BCUT2D eigenvalue weighted by Crippen LogP contribution is 2.36. The zero-order chi connectivity index (χ0) is 21.1. The number of anilines is 1. The molecule has 0 saturated heterocycles. The van der Waals surface area contributed by atoms with Crippen molar-refractivity contribution in [2.75, 3.05) is 11.5 Å². The number of hydrogen-bond acceptors (Lipinski definition) is 4. The molecule has 0 saturated carbocycles. The Morgan fingerprint density at radius 1 is 1.00 bits per heavy atom. The molecular formula is C24H21ClN2O2S. The van der Waals surface area contributed by atoms with Crippen molar-refractivity contribution < 1.29 is 9.53 Å². The first-order valence-electron chi connectivity index (χ1n) is 9.61. The number of halogens is 1. The maximum absolute atomic E-state index is 13.2. The van der Waals surface area contributed by atoms with E-state index in [1.807, 2.05) is 80.6 Å². The quantitative estimate of drug-likeness (QED) is 0.362. The molecule has 0 aliphatic heterocycles. The fraction of sp³-hybridized carbons (Fsp3) is 0.167. The standard InChI is InChI=1S/C24H21ClN2O2S/c1-16-8-6-7-11-20(16)29-15-21(28)27(14-18-9-4-3-5-10-18)24-26-22-17(2)12-13-19(25)23(22)30-24/h3-13H,14-15H2,1-2H3.